The third kappa shape index (κ3) is 1.73. The Kier molecular flexibility index (Phi) is 2.51. The average Bonchev–Trinajstić information content (AvgIpc) is 2.41. The van der Waals surface area contributed by atoms with Gasteiger partial charge in [-0.3, -0.25) is 0 Å². The monoisotopic (exact) mass is 243 g/mol. The van der Waals surface area contributed by atoms with Crippen molar-refractivity contribution in [2.45, 2.75) is 6.92 Å². The Hall–Kier alpha value is -2.30. The predicted molar refractivity (Wildman–Crippen MR) is 67.6 cm³/mol. The molecule has 5 heteroatoms. The summed E-state index contributed by atoms with van der Waals surface area (Å²) in [5.41, 5.74) is 8.99. The quantitative estimate of drug-likeness (QED) is 0.827. The van der Waals surface area contributed by atoms with Crippen LogP contribution in [-0.4, -0.2) is 23.2 Å². The molecule has 0 radical (unpaired) electrons. The Bertz CT molecular complexity index is 599. The molecule has 0 amide bonds. The number of nitrogens with zero attached hydrogens (tertiary/aromatic N) is 2. The van der Waals surface area contributed by atoms with Gasteiger partial charge < -0.3 is 15.2 Å². The highest BCUT2D eigenvalue weighted by atomic mass is 16.6. The van der Waals surface area contributed by atoms with Gasteiger partial charge in [0.2, 0.25) is 0 Å². The van der Waals surface area contributed by atoms with E-state index < -0.39 is 0 Å². The first kappa shape index (κ1) is 10.8. The molecule has 1 aromatic heterocycles. The molecule has 2 N–H and O–H groups in total. The van der Waals surface area contributed by atoms with Crippen LogP contribution in [0.4, 0.5) is 5.69 Å². The number of hydrogen-bond donors (Lipinski definition) is 1. The fourth-order valence-corrected chi connectivity index (χ4v) is 1.90. The molecule has 1 aromatic carbocycles. The number of aryl methyl sites for hydroxylation is 1. The summed E-state index contributed by atoms with van der Waals surface area (Å²) in [5.74, 6) is 1.49. The molecule has 92 valence electrons. The van der Waals surface area contributed by atoms with Gasteiger partial charge in [-0.2, -0.15) is 0 Å². The molecule has 1 aliphatic rings. The number of nitrogens with two attached hydrogens (primary N) is 1. The second kappa shape index (κ2) is 4.18. The maximum atomic E-state index is 5.99. The molecule has 0 unspecified atom stereocenters. The van der Waals surface area contributed by atoms with E-state index in [1.165, 1.54) is 6.33 Å². The lowest BCUT2D eigenvalue weighted by atomic mass is 10.1. The summed E-state index contributed by atoms with van der Waals surface area (Å²) < 4.78 is 11.0. The second-order valence-corrected chi connectivity index (χ2v) is 4.08. The zero-order valence-corrected chi connectivity index (χ0v) is 10.0. The summed E-state index contributed by atoms with van der Waals surface area (Å²) in [6.45, 7) is 3.01. The van der Waals surface area contributed by atoms with E-state index in [0.717, 1.165) is 28.5 Å². The van der Waals surface area contributed by atoms with E-state index in [-0.39, 0.29) is 0 Å². The first-order valence-electron chi connectivity index (χ1n) is 5.73. The Labute approximate surface area is 105 Å². The molecule has 1 aliphatic heterocycles. The molecule has 0 aliphatic carbocycles. The predicted octanol–water partition coefficient (Wildman–Crippen LogP) is 1.81. The summed E-state index contributed by atoms with van der Waals surface area (Å²) in [6.07, 6.45) is 1.51. The first-order chi connectivity index (χ1) is 8.75. The standard InChI is InChI=1S/C13H13N3O2/c1-8-12(14)13(16-7-15-8)9-2-3-10-11(6-9)18-5-4-17-10/h2-3,6-7H,4-5,14H2,1H3. The molecule has 18 heavy (non-hydrogen) atoms. The molecule has 0 saturated heterocycles. The van der Waals surface area contributed by atoms with Crippen molar-refractivity contribution in [1.29, 1.82) is 0 Å². The third-order valence-electron chi connectivity index (χ3n) is 2.90. The molecule has 0 atom stereocenters. The molecule has 2 heterocycles. The van der Waals surface area contributed by atoms with E-state index in [1.807, 2.05) is 25.1 Å². The van der Waals surface area contributed by atoms with Gasteiger partial charge in [-0.05, 0) is 25.1 Å². The fourth-order valence-electron chi connectivity index (χ4n) is 1.90. The van der Waals surface area contributed by atoms with Crippen LogP contribution >= 0.6 is 0 Å². The number of ether oxygens (including phenoxy) is 2. The zero-order chi connectivity index (χ0) is 12.5. The molecule has 3 rings (SSSR count). The van der Waals surface area contributed by atoms with E-state index in [1.54, 1.807) is 0 Å². The largest absolute Gasteiger partial charge is 0.486 e. The SMILES string of the molecule is Cc1ncnc(-c2ccc3c(c2)OCCO3)c1N. The van der Waals surface area contributed by atoms with E-state index in [9.17, 15) is 0 Å². The number of fused-ring (bicyclic) bond motifs is 1. The molecular formula is C13H13N3O2. The lowest BCUT2D eigenvalue weighted by Crippen LogP contribution is -2.15. The van der Waals surface area contributed by atoms with Crippen LogP contribution in [0.5, 0.6) is 11.5 Å². The van der Waals surface area contributed by atoms with Crippen molar-refractivity contribution >= 4 is 5.69 Å². The van der Waals surface area contributed by atoms with Gasteiger partial charge in [0.1, 0.15) is 19.5 Å². The van der Waals surface area contributed by atoms with Crippen LogP contribution in [0.2, 0.25) is 0 Å². The van der Waals surface area contributed by atoms with Gasteiger partial charge in [0.25, 0.3) is 0 Å². The van der Waals surface area contributed by atoms with Gasteiger partial charge in [0.05, 0.1) is 17.1 Å². The third-order valence-corrected chi connectivity index (χ3v) is 2.90. The highest BCUT2D eigenvalue weighted by Gasteiger charge is 2.14. The average molecular weight is 243 g/mol. The first-order valence-corrected chi connectivity index (χ1v) is 5.73. The highest BCUT2D eigenvalue weighted by Crippen LogP contribution is 2.35. The van der Waals surface area contributed by atoms with Gasteiger partial charge >= 0.3 is 0 Å². The highest BCUT2D eigenvalue weighted by molar-refractivity contribution is 5.75. The zero-order valence-electron chi connectivity index (χ0n) is 10.0. The molecule has 0 spiro atoms. The molecule has 0 saturated carbocycles. The second-order valence-electron chi connectivity index (χ2n) is 4.08. The summed E-state index contributed by atoms with van der Waals surface area (Å²) in [4.78, 5) is 8.29. The summed E-state index contributed by atoms with van der Waals surface area (Å²) in [5, 5.41) is 0. The Morgan fingerprint density at radius 2 is 1.89 bits per heavy atom. The van der Waals surface area contributed by atoms with Crippen LogP contribution in [0.3, 0.4) is 0 Å². The van der Waals surface area contributed by atoms with Crippen molar-refractivity contribution < 1.29 is 9.47 Å². The molecular weight excluding hydrogens is 230 g/mol. The summed E-state index contributed by atoms with van der Waals surface area (Å²) >= 11 is 0. The number of rotatable bonds is 1. The van der Waals surface area contributed by atoms with Crippen LogP contribution in [0.25, 0.3) is 11.3 Å². The Morgan fingerprint density at radius 3 is 2.72 bits per heavy atom. The number of nitrogen functional groups attached to an aromatic ring is 1. The van der Waals surface area contributed by atoms with E-state index in [2.05, 4.69) is 9.97 Å². The number of aromatic nitrogens is 2. The fraction of sp³-hybridized carbons (Fsp3) is 0.231. The molecule has 0 fully saturated rings. The van der Waals surface area contributed by atoms with Crippen LogP contribution in [0.15, 0.2) is 24.5 Å². The summed E-state index contributed by atoms with van der Waals surface area (Å²) in [7, 11) is 0. The Morgan fingerprint density at radius 1 is 1.11 bits per heavy atom. The minimum Gasteiger partial charge on any atom is -0.486 e. The van der Waals surface area contributed by atoms with Gasteiger partial charge in [0, 0.05) is 5.56 Å². The number of benzene rings is 1. The lowest BCUT2D eigenvalue weighted by Gasteiger charge is -2.19. The number of hydrogen-bond acceptors (Lipinski definition) is 5. The Balaban J connectivity index is 2.09. The van der Waals surface area contributed by atoms with Crippen molar-refractivity contribution in [3.05, 3.63) is 30.2 Å². The van der Waals surface area contributed by atoms with Crippen molar-refractivity contribution in [3.63, 3.8) is 0 Å². The number of anilines is 1. The topological polar surface area (TPSA) is 70.3 Å². The van der Waals surface area contributed by atoms with Gasteiger partial charge in [0.15, 0.2) is 11.5 Å². The smallest absolute Gasteiger partial charge is 0.162 e. The minimum atomic E-state index is 0.564. The minimum absolute atomic E-state index is 0.564. The molecule has 2 aromatic rings. The van der Waals surface area contributed by atoms with E-state index in [0.29, 0.717) is 18.9 Å². The van der Waals surface area contributed by atoms with Crippen LogP contribution < -0.4 is 15.2 Å². The van der Waals surface area contributed by atoms with Crippen LogP contribution in [-0.2, 0) is 0 Å². The van der Waals surface area contributed by atoms with Crippen molar-refractivity contribution in [2.75, 3.05) is 18.9 Å². The van der Waals surface area contributed by atoms with Crippen LogP contribution in [0.1, 0.15) is 5.69 Å². The van der Waals surface area contributed by atoms with Crippen molar-refractivity contribution in [2.24, 2.45) is 0 Å². The van der Waals surface area contributed by atoms with Crippen molar-refractivity contribution in [3.8, 4) is 22.8 Å². The maximum absolute atomic E-state index is 5.99. The molecule has 5 nitrogen and oxygen atoms in total. The van der Waals surface area contributed by atoms with Gasteiger partial charge in [-0.1, -0.05) is 0 Å². The van der Waals surface area contributed by atoms with E-state index in [4.69, 9.17) is 15.2 Å². The summed E-state index contributed by atoms with van der Waals surface area (Å²) in [6, 6.07) is 5.69. The van der Waals surface area contributed by atoms with Crippen LogP contribution in [0, 0.1) is 6.92 Å². The van der Waals surface area contributed by atoms with E-state index >= 15 is 0 Å². The van der Waals surface area contributed by atoms with Crippen molar-refractivity contribution in [1.82, 2.24) is 9.97 Å². The van der Waals surface area contributed by atoms with Gasteiger partial charge in [-0.15, -0.1) is 0 Å². The normalized spacial score (nSPS) is 13.4. The lowest BCUT2D eigenvalue weighted by molar-refractivity contribution is 0.171. The maximum Gasteiger partial charge on any atom is 0.162 e. The molecule has 0 bridgehead atoms. The van der Waals surface area contributed by atoms with Gasteiger partial charge in [-0.25, -0.2) is 9.97 Å².